The Morgan fingerprint density at radius 2 is 1.52 bits per heavy atom. The van der Waals surface area contributed by atoms with Gasteiger partial charge >= 0.3 is 5.97 Å². The number of hydrogen-bond acceptors (Lipinski definition) is 5. The number of rotatable bonds is 2. The number of carbonyl (C=O) groups is 1. The highest BCUT2D eigenvalue weighted by molar-refractivity contribution is 5.92. The number of carbonyl (C=O) groups excluding carboxylic acids is 1. The number of phenols is 3. The summed E-state index contributed by atoms with van der Waals surface area (Å²) in [6, 6.07) is 2.75. The van der Waals surface area contributed by atoms with E-state index in [1.165, 1.54) is 0 Å². The van der Waals surface area contributed by atoms with Crippen molar-refractivity contribution < 1.29 is 38.0 Å². The topological polar surface area (TPSA) is 87.0 Å². The summed E-state index contributed by atoms with van der Waals surface area (Å²) < 4.78 is 43.5. The smallest absolute Gasteiger partial charge is 0.343 e. The predicted octanol–water partition coefficient (Wildman–Crippen LogP) is 2.44. The highest BCUT2D eigenvalue weighted by Crippen LogP contribution is 2.35. The van der Waals surface area contributed by atoms with E-state index in [0.29, 0.717) is 12.1 Å². The lowest BCUT2D eigenvalue weighted by molar-refractivity contribution is 0.0725. The van der Waals surface area contributed by atoms with Crippen LogP contribution in [0.25, 0.3) is 0 Å². The van der Waals surface area contributed by atoms with E-state index in [1.807, 2.05) is 0 Å². The molecule has 0 aromatic heterocycles. The molecule has 0 atom stereocenters. The van der Waals surface area contributed by atoms with Gasteiger partial charge in [-0.2, -0.15) is 4.39 Å². The lowest BCUT2D eigenvalue weighted by Gasteiger charge is -2.08. The van der Waals surface area contributed by atoms with Gasteiger partial charge in [0.25, 0.3) is 0 Å². The lowest BCUT2D eigenvalue weighted by Crippen LogP contribution is -2.10. The second-order valence-corrected chi connectivity index (χ2v) is 3.93. The first-order chi connectivity index (χ1) is 9.81. The molecule has 0 aliphatic rings. The van der Waals surface area contributed by atoms with Crippen LogP contribution in [-0.2, 0) is 0 Å². The van der Waals surface area contributed by atoms with E-state index < -0.39 is 52.0 Å². The monoisotopic (exact) mass is 300 g/mol. The van der Waals surface area contributed by atoms with E-state index in [4.69, 9.17) is 5.11 Å². The quantitative estimate of drug-likeness (QED) is 0.343. The van der Waals surface area contributed by atoms with Crippen LogP contribution in [0.5, 0.6) is 23.0 Å². The van der Waals surface area contributed by atoms with Crippen molar-refractivity contribution in [3.63, 3.8) is 0 Å². The highest BCUT2D eigenvalue weighted by atomic mass is 19.2. The summed E-state index contributed by atoms with van der Waals surface area (Å²) in [5.74, 6) is -9.57. The van der Waals surface area contributed by atoms with Crippen molar-refractivity contribution in [2.75, 3.05) is 0 Å². The van der Waals surface area contributed by atoms with E-state index in [2.05, 4.69) is 4.74 Å². The minimum Gasteiger partial charge on any atom is -0.504 e. The van der Waals surface area contributed by atoms with Gasteiger partial charge in [0, 0.05) is 0 Å². The molecule has 0 spiro atoms. The summed E-state index contributed by atoms with van der Waals surface area (Å²) >= 11 is 0. The molecular formula is C13H7F3O5. The molecule has 2 aromatic carbocycles. The maximum atomic E-state index is 13.3. The van der Waals surface area contributed by atoms with Crippen molar-refractivity contribution in [2.24, 2.45) is 0 Å². The summed E-state index contributed by atoms with van der Waals surface area (Å²) in [7, 11) is 0. The average Bonchev–Trinajstić information content (AvgIpc) is 2.44. The highest BCUT2D eigenvalue weighted by Gasteiger charge is 2.20. The number of hydrogen-bond donors (Lipinski definition) is 3. The molecule has 2 aromatic rings. The molecule has 0 unspecified atom stereocenters. The maximum Gasteiger partial charge on any atom is 0.343 e. The fourth-order valence-electron chi connectivity index (χ4n) is 1.47. The SMILES string of the molecule is O=C(Oc1ccc(F)c(F)c1F)c1cc(O)c(O)c(O)c1. The molecule has 0 saturated carbocycles. The average molecular weight is 300 g/mol. The Morgan fingerprint density at radius 1 is 0.952 bits per heavy atom. The third kappa shape index (κ3) is 2.69. The second kappa shape index (κ2) is 5.23. The van der Waals surface area contributed by atoms with Crippen LogP contribution in [0.4, 0.5) is 13.2 Å². The Morgan fingerprint density at radius 3 is 2.10 bits per heavy atom. The fraction of sp³-hybridized carbons (Fsp3) is 0. The van der Waals surface area contributed by atoms with E-state index in [0.717, 1.165) is 12.1 Å². The van der Waals surface area contributed by atoms with E-state index in [-0.39, 0.29) is 0 Å². The molecular weight excluding hydrogens is 293 g/mol. The van der Waals surface area contributed by atoms with Crippen molar-refractivity contribution in [2.45, 2.75) is 0 Å². The largest absolute Gasteiger partial charge is 0.504 e. The van der Waals surface area contributed by atoms with E-state index in [1.54, 1.807) is 0 Å². The molecule has 0 heterocycles. The normalized spacial score (nSPS) is 10.4. The Bertz CT molecular complexity index is 707. The first-order valence-corrected chi connectivity index (χ1v) is 5.42. The molecule has 8 heteroatoms. The van der Waals surface area contributed by atoms with Crippen LogP contribution in [0.2, 0.25) is 0 Å². The zero-order valence-electron chi connectivity index (χ0n) is 10.1. The Balaban J connectivity index is 2.33. The Kier molecular flexibility index (Phi) is 3.62. The van der Waals surface area contributed by atoms with Gasteiger partial charge in [-0.05, 0) is 24.3 Å². The van der Waals surface area contributed by atoms with Crippen LogP contribution < -0.4 is 4.74 Å². The number of phenolic OH excluding ortho intramolecular Hbond substituents is 3. The summed E-state index contributed by atoms with van der Waals surface area (Å²) in [5, 5.41) is 27.6. The standard InChI is InChI=1S/C13H7F3O5/c14-6-1-2-9(11(16)10(6)15)21-13(20)5-3-7(17)12(19)8(18)4-5/h1-4,17-19H. The van der Waals surface area contributed by atoms with Gasteiger partial charge in [0.05, 0.1) is 5.56 Å². The molecule has 0 bridgehead atoms. The summed E-state index contributed by atoms with van der Waals surface area (Å²) in [5.41, 5.74) is -0.438. The molecule has 0 aliphatic carbocycles. The number of aromatic hydroxyl groups is 3. The zero-order valence-corrected chi connectivity index (χ0v) is 10.1. The molecule has 0 radical (unpaired) electrons. The van der Waals surface area contributed by atoms with Gasteiger partial charge < -0.3 is 20.1 Å². The van der Waals surface area contributed by atoms with Crippen LogP contribution in [-0.4, -0.2) is 21.3 Å². The molecule has 110 valence electrons. The van der Waals surface area contributed by atoms with Crippen molar-refractivity contribution in [1.29, 1.82) is 0 Å². The van der Waals surface area contributed by atoms with Gasteiger partial charge in [-0.1, -0.05) is 0 Å². The Hall–Kier alpha value is -2.90. The van der Waals surface area contributed by atoms with Gasteiger partial charge in [0.2, 0.25) is 5.82 Å². The third-order valence-electron chi connectivity index (χ3n) is 2.51. The summed E-state index contributed by atoms with van der Waals surface area (Å²) in [6.07, 6.45) is 0. The van der Waals surface area contributed by atoms with Crippen LogP contribution in [0.3, 0.4) is 0 Å². The molecule has 3 N–H and O–H groups in total. The van der Waals surface area contributed by atoms with Crippen molar-refractivity contribution in [3.05, 3.63) is 47.3 Å². The molecule has 0 saturated heterocycles. The van der Waals surface area contributed by atoms with Crippen LogP contribution in [0, 0.1) is 17.5 Å². The Labute approximate surface area is 115 Å². The second-order valence-electron chi connectivity index (χ2n) is 3.93. The minimum absolute atomic E-state index is 0.438. The molecule has 5 nitrogen and oxygen atoms in total. The van der Waals surface area contributed by atoms with Crippen LogP contribution in [0.15, 0.2) is 24.3 Å². The lowest BCUT2D eigenvalue weighted by atomic mass is 10.2. The van der Waals surface area contributed by atoms with Gasteiger partial charge in [-0.25, -0.2) is 13.6 Å². The molecule has 0 fully saturated rings. The van der Waals surface area contributed by atoms with E-state index >= 15 is 0 Å². The fourth-order valence-corrected chi connectivity index (χ4v) is 1.47. The zero-order chi connectivity index (χ0) is 15.7. The molecule has 0 aliphatic heterocycles. The molecule has 21 heavy (non-hydrogen) atoms. The first-order valence-electron chi connectivity index (χ1n) is 5.42. The first kappa shape index (κ1) is 14.5. The molecule has 2 rings (SSSR count). The predicted molar refractivity (Wildman–Crippen MR) is 62.7 cm³/mol. The number of esters is 1. The van der Waals surface area contributed by atoms with Gasteiger partial charge in [0.1, 0.15) is 0 Å². The third-order valence-corrected chi connectivity index (χ3v) is 2.51. The van der Waals surface area contributed by atoms with Crippen LogP contribution in [0.1, 0.15) is 10.4 Å². The van der Waals surface area contributed by atoms with Gasteiger partial charge in [-0.15, -0.1) is 0 Å². The summed E-state index contributed by atoms with van der Waals surface area (Å²) in [4.78, 5) is 11.7. The number of ether oxygens (including phenoxy) is 1. The van der Waals surface area contributed by atoms with E-state index in [9.17, 15) is 28.2 Å². The number of benzene rings is 2. The minimum atomic E-state index is -1.81. The van der Waals surface area contributed by atoms with Crippen molar-refractivity contribution >= 4 is 5.97 Å². The number of halogens is 3. The van der Waals surface area contributed by atoms with Crippen molar-refractivity contribution in [3.8, 4) is 23.0 Å². The summed E-state index contributed by atoms with van der Waals surface area (Å²) in [6.45, 7) is 0. The van der Waals surface area contributed by atoms with Crippen LogP contribution >= 0.6 is 0 Å². The van der Waals surface area contributed by atoms with Crippen molar-refractivity contribution in [1.82, 2.24) is 0 Å². The molecule has 0 amide bonds. The van der Waals surface area contributed by atoms with Gasteiger partial charge in [-0.3, -0.25) is 0 Å². The van der Waals surface area contributed by atoms with Gasteiger partial charge in [0.15, 0.2) is 34.6 Å². The maximum absolute atomic E-state index is 13.3.